The van der Waals surface area contributed by atoms with E-state index in [1.165, 1.54) is 44.9 Å². The van der Waals surface area contributed by atoms with Crippen LogP contribution in [0.15, 0.2) is 90.6 Å². The average Bonchev–Trinajstić information content (AvgIpc) is 3.33. The van der Waals surface area contributed by atoms with Crippen molar-refractivity contribution in [2.45, 2.75) is 140 Å². The molecule has 3 aliphatic rings. The van der Waals surface area contributed by atoms with Crippen molar-refractivity contribution < 1.29 is 48.6 Å². The molecule has 0 aromatic heterocycles. The Morgan fingerprint density at radius 2 is 1.55 bits per heavy atom. The Balaban J connectivity index is 1.60. The van der Waals surface area contributed by atoms with Crippen molar-refractivity contribution in [1.29, 1.82) is 0 Å². The number of aliphatic hydroxyl groups excluding tert-OH is 3. The Kier molecular flexibility index (Phi) is 23.6. The summed E-state index contributed by atoms with van der Waals surface area (Å²) in [5.41, 5.74) is 3.58. The molecule has 12 nitrogen and oxygen atoms in total. The first kappa shape index (κ1) is 52.8. The number of amides is 1. The third kappa shape index (κ3) is 14.9. The van der Waals surface area contributed by atoms with Gasteiger partial charge in [0, 0.05) is 37.7 Å². The zero-order valence-electron chi connectivity index (χ0n) is 39.8. The first-order valence-corrected chi connectivity index (χ1v) is 25.1. The number of carbonyl (C=O) groups excluding carboxylic acids is 1. The summed E-state index contributed by atoms with van der Waals surface area (Å²) in [5, 5.41) is 34.5. The predicted octanol–water partition coefficient (Wildman–Crippen LogP) is 10.5. The van der Waals surface area contributed by atoms with Crippen LogP contribution in [0.2, 0.25) is 0 Å². The SMILES string of the molecule is C=CCOc1ccc2c(c1)C1C(CCCCO)C(CCCCO)C=C3C(=NOCc4ccccc4)CC(N(CCOCCO)C(=O)OCCCCCCCCCCCC)C(OCC=C)(O2)C31. The molecular formula is C54H80N2O10. The fourth-order valence-electron chi connectivity index (χ4n) is 10.2. The smallest absolute Gasteiger partial charge is 0.410 e. The van der Waals surface area contributed by atoms with Gasteiger partial charge in [-0.25, -0.2) is 4.79 Å². The van der Waals surface area contributed by atoms with Crippen molar-refractivity contribution in [3.8, 4) is 11.5 Å². The van der Waals surface area contributed by atoms with E-state index < -0.39 is 23.8 Å². The second-order valence-corrected chi connectivity index (χ2v) is 18.0. The van der Waals surface area contributed by atoms with Crippen molar-refractivity contribution in [2.24, 2.45) is 22.9 Å². The Bertz CT molecular complexity index is 1790. The van der Waals surface area contributed by atoms with Crippen molar-refractivity contribution in [2.75, 3.05) is 59.4 Å². The molecule has 12 heteroatoms. The molecule has 0 radical (unpaired) electrons. The van der Waals surface area contributed by atoms with Gasteiger partial charge < -0.3 is 43.8 Å². The highest BCUT2D eigenvalue weighted by Crippen LogP contribution is 2.62. The van der Waals surface area contributed by atoms with Gasteiger partial charge in [-0.15, -0.1) is 6.58 Å². The molecule has 3 N–H and O–H groups in total. The fourth-order valence-corrected chi connectivity index (χ4v) is 10.2. The lowest BCUT2D eigenvalue weighted by molar-refractivity contribution is -0.256. The van der Waals surface area contributed by atoms with Gasteiger partial charge in [-0.05, 0) is 73.3 Å². The molecule has 1 saturated carbocycles. The first-order chi connectivity index (χ1) is 32.5. The quantitative estimate of drug-likeness (QED) is 0.0352. The molecule has 1 heterocycles. The molecule has 366 valence electrons. The highest BCUT2D eigenvalue weighted by Gasteiger charge is 2.65. The lowest BCUT2D eigenvalue weighted by atomic mass is 9.55. The molecule has 6 atom stereocenters. The summed E-state index contributed by atoms with van der Waals surface area (Å²) < 4.78 is 32.6. The van der Waals surface area contributed by atoms with Gasteiger partial charge in [0.1, 0.15) is 30.8 Å². The zero-order chi connectivity index (χ0) is 46.8. The Hall–Kier alpha value is -4.20. The van der Waals surface area contributed by atoms with E-state index in [9.17, 15) is 20.1 Å². The Labute approximate surface area is 395 Å². The first-order valence-electron chi connectivity index (χ1n) is 25.1. The maximum atomic E-state index is 14.8. The Morgan fingerprint density at radius 1 is 0.833 bits per heavy atom. The van der Waals surface area contributed by atoms with Crippen molar-refractivity contribution >= 4 is 11.8 Å². The van der Waals surface area contributed by atoms with E-state index in [2.05, 4.69) is 32.2 Å². The predicted molar refractivity (Wildman–Crippen MR) is 260 cm³/mol. The number of fused-ring (bicyclic) bond motifs is 2. The second kappa shape index (κ2) is 29.5. The van der Waals surface area contributed by atoms with Gasteiger partial charge in [0.25, 0.3) is 0 Å². The van der Waals surface area contributed by atoms with Crippen LogP contribution in [0.3, 0.4) is 0 Å². The summed E-state index contributed by atoms with van der Waals surface area (Å²) in [5.74, 6) is -0.681. The molecule has 1 amide bonds. The number of carbonyl (C=O) groups is 1. The van der Waals surface area contributed by atoms with Crippen LogP contribution in [0, 0.1) is 17.8 Å². The Morgan fingerprint density at radius 3 is 2.24 bits per heavy atom. The average molecular weight is 917 g/mol. The standard InChI is InChI=1S/C54H80N2O10/c1-4-7-8-9-10-11-12-13-14-22-35-63-53(60)56(29-36-61-37-32-59)50-40-48(55-65-41-42-23-16-15-17-24-42)46-38-43(25-18-20-30-57)45(26-19-21-31-58)51-47-39-44(62-33-5-2)27-28-49(47)66-54(50,52(46)51)64-34-6-3/h5-6,15-17,23-24,27-28,38-39,43,45,50-52,57-59H,2-4,7-14,18-22,25-26,29-37,40-41H2,1H3. The number of unbranched alkanes of at least 4 members (excludes halogenated alkanes) is 11. The van der Waals surface area contributed by atoms with Gasteiger partial charge in [-0.2, -0.15) is 0 Å². The minimum Gasteiger partial charge on any atom is -0.490 e. The summed E-state index contributed by atoms with van der Waals surface area (Å²) in [4.78, 5) is 22.7. The number of rotatable bonds is 34. The molecule has 0 saturated heterocycles. The molecule has 0 spiro atoms. The topological polar surface area (TPSA) is 149 Å². The number of oxime groups is 1. The van der Waals surface area contributed by atoms with E-state index in [0.717, 1.165) is 61.6 Å². The summed E-state index contributed by atoms with van der Waals surface area (Å²) >= 11 is 0. The van der Waals surface area contributed by atoms with Gasteiger partial charge in [0.05, 0.1) is 44.7 Å². The molecule has 5 rings (SSSR count). The minimum absolute atomic E-state index is 0.0582. The maximum absolute atomic E-state index is 14.8. The van der Waals surface area contributed by atoms with Crippen LogP contribution >= 0.6 is 0 Å². The number of hydrogen-bond donors (Lipinski definition) is 3. The minimum atomic E-state index is -1.45. The van der Waals surface area contributed by atoms with Gasteiger partial charge in [-0.1, -0.05) is 138 Å². The third-order valence-electron chi connectivity index (χ3n) is 13.3. The van der Waals surface area contributed by atoms with E-state index in [1.54, 1.807) is 17.1 Å². The normalized spacial score (nSPS) is 22.4. The molecule has 1 fully saturated rings. The monoisotopic (exact) mass is 917 g/mol. The van der Waals surface area contributed by atoms with Crippen LogP contribution in [0.25, 0.3) is 0 Å². The highest BCUT2D eigenvalue weighted by atomic mass is 16.7. The van der Waals surface area contributed by atoms with Gasteiger partial charge in [0.15, 0.2) is 0 Å². The molecule has 66 heavy (non-hydrogen) atoms. The zero-order valence-corrected chi connectivity index (χ0v) is 39.8. The van der Waals surface area contributed by atoms with Gasteiger partial charge in [-0.3, -0.25) is 4.90 Å². The van der Waals surface area contributed by atoms with E-state index >= 15 is 0 Å². The summed E-state index contributed by atoms with van der Waals surface area (Å²) in [6.45, 7) is 11.6. The van der Waals surface area contributed by atoms with Crippen molar-refractivity contribution in [1.82, 2.24) is 4.90 Å². The van der Waals surface area contributed by atoms with Crippen LogP contribution in [-0.4, -0.2) is 103 Å². The van der Waals surface area contributed by atoms with Crippen LogP contribution in [-0.2, 0) is 25.7 Å². The van der Waals surface area contributed by atoms with E-state index in [4.69, 9.17) is 33.7 Å². The molecule has 2 aliphatic carbocycles. The van der Waals surface area contributed by atoms with Crippen LogP contribution in [0.4, 0.5) is 4.79 Å². The van der Waals surface area contributed by atoms with Crippen LogP contribution in [0.5, 0.6) is 11.5 Å². The number of aliphatic hydroxyl groups is 3. The van der Waals surface area contributed by atoms with E-state index in [0.29, 0.717) is 36.7 Å². The molecule has 0 bridgehead atoms. The fraction of sp³-hybridized carbons (Fsp3) is 0.630. The largest absolute Gasteiger partial charge is 0.490 e. The summed E-state index contributed by atoms with van der Waals surface area (Å²) in [7, 11) is 0. The third-order valence-corrected chi connectivity index (χ3v) is 13.3. The lowest BCUT2D eigenvalue weighted by Gasteiger charge is -2.59. The number of hydrogen-bond acceptors (Lipinski definition) is 11. The van der Waals surface area contributed by atoms with Gasteiger partial charge in [0.2, 0.25) is 5.79 Å². The van der Waals surface area contributed by atoms with E-state index in [1.807, 2.05) is 42.5 Å². The second-order valence-electron chi connectivity index (χ2n) is 18.0. The van der Waals surface area contributed by atoms with E-state index in [-0.39, 0.29) is 83.6 Å². The number of allylic oxidation sites excluding steroid dienone is 1. The maximum Gasteiger partial charge on any atom is 0.410 e. The number of nitrogens with zero attached hydrogens (tertiary/aromatic N) is 2. The van der Waals surface area contributed by atoms with Crippen molar-refractivity contribution in [3.63, 3.8) is 0 Å². The number of benzene rings is 2. The number of ether oxygens (including phenoxy) is 5. The molecule has 2 aromatic rings. The summed E-state index contributed by atoms with van der Waals surface area (Å²) in [6, 6.07) is 15.0. The molecule has 6 unspecified atom stereocenters. The highest BCUT2D eigenvalue weighted by molar-refractivity contribution is 6.03. The molecule has 2 aromatic carbocycles. The summed E-state index contributed by atoms with van der Waals surface area (Å²) in [6.07, 6.45) is 21.8. The van der Waals surface area contributed by atoms with Crippen LogP contribution in [0.1, 0.15) is 133 Å². The van der Waals surface area contributed by atoms with Crippen LogP contribution < -0.4 is 9.47 Å². The van der Waals surface area contributed by atoms with Gasteiger partial charge >= 0.3 is 6.09 Å². The molecular weight excluding hydrogens is 837 g/mol. The van der Waals surface area contributed by atoms with Crippen molar-refractivity contribution in [3.05, 3.63) is 96.6 Å². The lowest BCUT2D eigenvalue weighted by Crippen LogP contribution is -2.70. The molecule has 1 aliphatic heterocycles.